The van der Waals surface area contributed by atoms with E-state index in [4.69, 9.17) is 0 Å². The molecule has 0 spiro atoms. The minimum absolute atomic E-state index is 0.246. The van der Waals surface area contributed by atoms with E-state index in [9.17, 15) is 9.59 Å². The molecule has 1 heterocycles. The maximum atomic E-state index is 11.5. The van der Waals surface area contributed by atoms with Gasteiger partial charge in [-0.1, -0.05) is 44.0 Å². The van der Waals surface area contributed by atoms with Gasteiger partial charge in [0, 0.05) is 4.47 Å². The molecule has 1 aliphatic rings. The molecule has 0 aliphatic carbocycles. The third-order valence-electron chi connectivity index (χ3n) is 2.30. The number of imide groups is 1. The number of nitrogens with one attached hydrogen (secondary N) is 1. The van der Waals surface area contributed by atoms with Crippen molar-refractivity contribution in [1.29, 1.82) is 0 Å². The van der Waals surface area contributed by atoms with E-state index in [2.05, 4.69) is 37.2 Å². The van der Waals surface area contributed by atoms with Gasteiger partial charge in [-0.3, -0.25) is 14.9 Å². The molecule has 3 nitrogen and oxygen atoms in total. The highest BCUT2D eigenvalue weighted by molar-refractivity contribution is 9.10. The van der Waals surface area contributed by atoms with Gasteiger partial charge in [0.2, 0.25) is 11.8 Å². The summed E-state index contributed by atoms with van der Waals surface area (Å²) < 4.78 is 0.946. The van der Waals surface area contributed by atoms with Gasteiger partial charge in [-0.15, -0.1) is 0 Å². The Morgan fingerprint density at radius 2 is 1.67 bits per heavy atom. The van der Waals surface area contributed by atoms with Gasteiger partial charge in [0.1, 0.15) is 4.83 Å². The van der Waals surface area contributed by atoms with E-state index in [1.165, 1.54) is 0 Å². The van der Waals surface area contributed by atoms with Crippen molar-refractivity contribution in [3.63, 3.8) is 0 Å². The zero-order valence-corrected chi connectivity index (χ0v) is 10.7. The summed E-state index contributed by atoms with van der Waals surface area (Å²) >= 11 is 6.54. The van der Waals surface area contributed by atoms with Crippen LogP contribution in [-0.2, 0) is 9.59 Å². The van der Waals surface area contributed by atoms with Crippen molar-refractivity contribution >= 4 is 43.7 Å². The van der Waals surface area contributed by atoms with Gasteiger partial charge in [-0.2, -0.15) is 0 Å². The second kappa shape index (κ2) is 4.06. The second-order valence-electron chi connectivity index (χ2n) is 3.28. The lowest BCUT2D eigenvalue weighted by molar-refractivity contribution is -0.125. The Kier molecular flexibility index (Phi) is 2.93. The lowest BCUT2D eigenvalue weighted by Gasteiger charge is -2.09. The van der Waals surface area contributed by atoms with Gasteiger partial charge in [0.05, 0.1) is 5.92 Å². The predicted molar refractivity (Wildman–Crippen MR) is 62.7 cm³/mol. The Balaban J connectivity index is 2.34. The standard InChI is InChI=1S/C10H7Br2NO2/c11-6-3-1-5(2-4-6)7-8(12)10(15)13-9(7)14/h1-4,7-8H,(H,13,14,15). The van der Waals surface area contributed by atoms with Crippen LogP contribution in [0.1, 0.15) is 11.5 Å². The average molecular weight is 333 g/mol. The van der Waals surface area contributed by atoms with Gasteiger partial charge in [-0.05, 0) is 17.7 Å². The number of carbonyl (C=O) groups is 2. The quantitative estimate of drug-likeness (QED) is 0.631. The minimum atomic E-state index is -0.467. The second-order valence-corrected chi connectivity index (χ2v) is 5.19. The first-order chi connectivity index (χ1) is 7.09. The van der Waals surface area contributed by atoms with Crippen LogP contribution >= 0.6 is 31.9 Å². The van der Waals surface area contributed by atoms with Gasteiger partial charge in [-0.25, -0.2) is 0 Å². The van der Waals surface area contributed by atoms with E-state index >= 15 is 0 Å². The van der Waals surface area contributed by atoms with Crippen LogP contribution in [0.3, 0.4) is 0 Å². The van der Waals surface area contributed by atoms with E-state index < -0.39 is 10.7 Å². The molecule has 0 aromatic heterocycles. The molecular weight excluding hydrogens is 326 g/mol. The average Bonchev–Trinajstić information content (AvgIpc) is 2.44. The van der Waals surface area contributed by atoms with E-state index in [1.807, 2.05) is 24.3 Å². The van der Waals surface area contributed by atoms with Gasteiger partial charge >= 0.3 is 0 Å². The summed E-state index contributed by atoms with van der Waals surface area (Å²) in [5.74, 6) is -0.942. The lowest BCUT2D eigenvalue weighted by atomic mass is 9.98. The molecular formula is C10H7Br2NO2. The fourth-order valence-corrected chi connectivity index (χ4v) is 2.47. The van der Waals surface area contributed by atoms with Crippen molar-refractivity contribution in [3.05, 3.63) is 34.3 Å². The molecule has 15 heavy (non-hydrogen) atoms. The molecule has 2 atom stereocenters. The summed E-state index contributed by atoms with van der Waals surface area (Å²) in [7, 11) is 0. The van der Waals surface area contributed by atoms with Crippen molar-refractivity contribution in [2.24, 2.45) is 0 Å². The summed E-state index contributed by atoms with van der Waals surface area (Å²) in [4.78, 5) is 22.3. The first-order valence-electron chi connectivity index (χ1n) is 4.34. The molecule has 0 bridgehead atoms. The minimum Gasteiger partial charge on any atom is -0.295 e. The molecule has 1 aliphatic heterocycles. The number of hydrogen-bond donors (Lipinski definition) is 1. The normalized spacial score (nSPS) is 25.5. The van der Waals surface area contributed by atoms with E-state index in [-0.39, 0.29) is 11.8 Å². The number of alkyl halides is 1. The summed E-state index contributed by atoms with van der Waals surface area (Å²) in [5.41, 5.74) is 0.837. The van der Waals surface area contributed by atoms with E-state index in [0.29, 0.717) is 0 Å². The van der Waals surface area contributed by atoms with Gasteiger partial charge in [0.15, 0.2) is 0 Å². The van der Waals surface area contributed by atoms with Crippen molar-refractivity contribution in [2.45, 2.75) is 10.7 Å². The number of carbonyl (C=O) groups excluding carboxylic acids is 2. The monoisotopic (exact) mass is 331 g/mol. The van der Waals surface area contributed by atoms with Crippen molar-refractivity contribution in [1.82, 2.24) is 5.32 Å². The molecule has 0 radical (unpaired) electrons. The third kappa shape index (κ3) is 1.99. The molecule has 1 saturated heterocycles. The molecule has 2 amide bonds. The lowest BCUT2D eigenvalue weighted by Crippen LogP contribution is -2.22. The number of halogens is 2. The summed E-state index contributed by atoms with van der Waals surface area (Å²) in [6.07, 6.45) is 0. The number of rotatable bonds is 1. The van der Waals surface area contributed by atoms with Gasteiger partial charge < -0.3 is 0 Å². The van der Waals surface area contributed by atoms with E-state index in [1.54, 1.807) is 0 Å². The number of hydrogen-bond acceptors (Lipinski definition) is 2. The number of amides is 2. The van der Waals surface area contributed by atoms with Crippen LogP contribution < -0.4 is 5.32 Å². The zero-order chi connectivity index (χ0) is 11.0. The summed E-state index contributed by atoms with van der Waals surface area (Å²) in [6, 6.07) is 7.37. The molecule has 0 saturated carbocycles. The molecule has 5 heteroatoms. The summed E-state index contributed by atoms with van der Waals surface area (Å²) in [5, 5.41) is 2.29. The zero-order valence-electron chi connectivity index (χ0n) is 7.54. The Bertz CT molecular complexity index is 416. The SMILES string of the molecule is O=C1NC(=O)C(c2ccc(Br)cc2)C1Br. The molecule has 2 unspecified atom stereocenters. The van der Waals surface area contributed by atoms with Crippen molar-refractivity contribution < 1.29 is 9.59 Å². The molecule has 78 valence electrons. The highest BCUT2D eigenvalue weighted by Gasteiger charge is 2.40. The fraction of sp³-hybridized carbons (Fsp3) is 0.200. The Hall–Kier alpha value is -0.680. The Morgan fingerprint density at radius 3 is 2.13 bits per heavy atom. The molecule has 1 aromatic rings. The maximum Gasteiger partial charge on any atom is 0.241 e. The molecule has 2 rings (SSSR count). The number of benzene rings is 1. The highest BCUT2D eigenvalue weighted by Crippen LogP contribution is 2.30. The Labute approximate surface area is 103 Å². The molecule has 1 N–H and O–H groups in total. The first-order valence-corrected chi connectivity index (χ1v) is 6.04. The van der Waals surface area contributed by atoms with Crippen LogP contribution in [-0.4, -0.2) is 16.6 Å². The van der Waals surface area contributed by atoms with Gasteiger partial charge in [0.25, 0.3) is 0 Å². The van der Waals surface area contributed by atoms with Crippen molar-refractivity contribution in [2.75, 3.05) is 0 Å². The van der Waals surface area contributed by atoms with Crippen LogP contribution in [0.25, 0.3) is 0 Å². The van der Waals surface area contributed by atoms with Crippen LogP contribution in [0.15, 0.2) is 28.7 Å². The summed E-state index contributed by atoms with van der Waals surface area (Å²) in [6.45, 7) is 0. The van der Waals surface area contributed by atoms with Crippen LogP contribution in [0.4, 0.5) is 0 Å². The molecule has 1 aromatic carbocycles. The van der Waals surface area contributed by atoms with Crippen LogP contribution in [0.2, 0.25) is 0 Å². The third-order valence-corrected chi connectivity index (χ3v) is 3.77. The topological polar surface area (TPSA) is 46.2 Å². The van der Waals surface area contributed by atoms with Crippen molar-refractivity contribution in [3.8, 4) is 0 Å². The van der Waals surface area contributed by atoms with Crippen LogP contribution in [0.5, 0.6) is 0 Å². The Morgan fingerprint density at radius 1 is 1.07 bits per heavy atom. The highest BCUT2D eigenvalue weighted by atomic mass is 79.9. The maximum absolute atomic E-state index is 11.5. The fourth-order valence-electron chi connectivity index (χ4n) is 1.54. The van der Waals surface area contributed by atoms with Crippen LogP contribution in [0, 0.1) is 0 Å². The molecule has 1 fully saturated rings. The van der Waals surface area contributed by atoms with E-state index in [0.717, 1.165) is 10.0 Å². The first kappa shape index (κ1) is 10.8. The predicted octanol–water partition coefficient (Wildman–Crippen LogP) is 1.95. The smallest absolute Gasteiger partial charge is 0.241 e. The largest absolute Gasteiger partial charge is 0.295 e.